The van der Waals surface area contributed by atoms with Gasteiger partial charge in [0.2, 0.25) is 0 Å². The first-order chi connectivity index (χ1) is 11.3. The van der Waals surface area contributed by atoms with E-state index in [4.69, 9.17) is 0 Å². The molecule has 4 rings (SSSR count). The summed E-state index contributed by atoms with van der Waals surface area (Å²) in [7, 11) is 0. The van der Waals surface area contributed by atoms with E-state index in [9.17, 15) is 4.79 Å². The van der Waals surface area contributed by atoms with Crippen LogP contribution in [-0.4, -0.2) is 25.8 Å². The van der Waals surface area contributed by atoms with Crippen molar-refractivity contribution in [2.24, 2.45) is 0 Å². The molecule has 6 nitrogen and oxygen atoms in total. The topological polar surface area (TPSA) is 83.6 Å². The van der Waals surface area contributed by atoms with Gasteiger partial charge in [0.15, 0.2) is 0 Å². The maximum atomic E-state index is 12.7. The lowest BCUT2D eigenvalue weighted by Gasteiger charge is -2.08. The molecule has 0 saturated carbocycles. The van der Waals surface area contributed by atoms with Crippen LogP contribution in [0.25, 0.3) is 11.3 Å². The predicted octanol–water partition coefficient (Wildman–Crippen LogP) is 2.61. The van der Waals surface area contributed by atoms with Gasteiger partial charge >= 0.3 is 0 Å². The van der Waals surface area contributed by atoms with Gasteiger partial charge in [0.1, 0.15) is 12.1 Å². The summed E-state index contributed by atoms with van der Waals surface area (Å²) in [5.74, 6) is 0.344. The Kier molecular flexibility index (Phi) is 3.34. The van der Waals surface area contributed by atoms with Crippen molar-refractivity contribution in [2.45, 2.75) is 19.3 Å². The van der Waals surface area contributed by atoms with E-state index in [0.29, 0.717) is 11.4 Å². The molecule has 0 fully saturated rings. The van der Waals surface area contributed by atoms with Crippen molar-refractivity contribution in [3.05, 3.63) is 59.9 Å². The summed E-state index contributed by atoms with van der Waals surface area (Å²) in [6, 6.07) is 5.41. The molecule has 1 aliphatic carbocycles. The number of anilines is 1. The van der Waals surface area contributed by atoms with Crippen LogP contribution >= 0.6 is 0 Å². The van der Waals surface area contributed by atoms with E-state index in [1.807, 2.05) is 18.3 Å². The Morgan fingerprint density at radius 2 is 2.17 bits per heavy atom. The summed E-state index contributed by atoms with van der Waals surface area (Å²) < 4.78 is 0. The minimum absolute atomic E-state index is 0.187. The highest BCUT2D eigenvalue weighted by molar-refractivity contribution is 6.08. The van der Waals surface area contributed by atoms with Crippen LogP contribution in [0, 0.1) is 0 Å². The zero-order chi connectivity index (χ0) is 15.6. The fraction of sp³-hybridized carbons (Fsp3) is 0.176. The molecule has 3 aromatic heterocycles. The van der Waals surface area contributed by atoms with Gasteiger partial charge in [0, 0.05) is 29.8 Å². The van der Waals surface area contributed by atoms with Gasteiger partial charge in [-0.15, -0.1) is 0 Å². The zero-order valence-corrected chi connectivity index (χ0v) is 12.4. The van der Waals surface area contributed by atoms with Crippen LogP contribution in [0.4, 0.5) is 5.82 Å². The Morgan fingerprint density at radius 3 is 3.04 bits per heavy atom. The smallest absolute Gasteiger partial charge is 0.259 e. The minimum Gasteiger partial charge on any atom is -0.364 e. The lowest BCUT2D eigenvalue weighted by molar-refractivity contribution is 0.102. The first kappa shape index (κ1) is 13.6. The van der Waals surface area contributed by atoms with Crippen molar-refractivity contribution < 1.29 is 4.79 Å². The van der Waals surface area contributed by atoms with Crippen LogP contribution in [0.1, 0.15) is 28.0 Å². The van der Waals surface area contributed by atoms with E-state index >= 15 is 0 Å². The molecule has 0 bridgehead atoms. The van der Waals surface area contributed by atoms with E-state index in [1.54, 1.807) is 18.5 Å². The predicted molar refractivity (Wildman–Crippen MR) is 86.0 cm³/mol. The number of hydrogen-bond acceptors (Lipinski definition) is 4. The van der Waals surface area contributed by atoms with Crippen LogP contribution in [0.5, 0.6) is 0 Å². The lowest BCUT2D eigenvalue weighted by Crippen LogP contribution is -2.13. The normalized spacial score (nSPS) is 12.9. The van der Waals surface area contributed by atoms with E-state index < -0.39 is 0 Å². The number of H-pyrrole nitrogens is 1. The number of hydrogen-bond donors (Lipinski definition) is 2. The number of aromatic nitrogens is 4. The van der Waals surface area contributed by atoms with Crippen molar-refractivity contribution in [3.63, 3.8) is 0 Å². The van der Waals surface area contributed by atoms with E-state index in [0.717, 1.165) is 41.8 Å². The zero-order valence-electron chi connectivity index (χ0n) is 12.4. The van der Waals surface area contributed by atoms with Crippen molar-refractivity contribution >= 4 is 11.7 Å². The van der Waals surface area contributed by atoms with Crippen LogP contribution in [0.2, 0.25) is 0 Å². The largest absolute Gasteiger partial charge is 0.364 e. The van der Waals surface area contributed by atoms with Crippen LogP contribution in [0.3, 0.4) is 0 Å². The van der Waals surface area contributed by atoms with Crippen LogP contribution in [-0.2, 0) is 12.8 Å². The van der Waals surface area contributed by atoms with Crippen LogP contribution in [0.15, 0.2) is 43.1 Å². The minimum atomic E-state index is -0.187. The number of carbonyl (C=O) groups excluding carboxylic acids is 1. The molecule has 0 saturated heterocycles. The fourth-order valence-electron chi connectivity index (χ4n) is 2.96. The average molecular weight is 305 g/mol. The van der Waals surface area contributed by atoms with Crippen molar-refractivity contribution in [2.75, 3.05) is 5.32 Å². The van der Waals surface area contributed by atoms with Gasteiger partial charge in [-0.25, -0.2) is 15.0 Å². The van der Waals surface area contributed by atoms with E-state index in [-0.39, 0.29) is 5.91 Å². The van der Waals surface area contributed by atoms with Gasteiger partial charge < -0.3 is 10.3 Å². The first-order valence-corrected chi connectivity index (χ1v) is 7.55. The highest BCUT2D eigenvalue weighted by Gasteiger charge is 2.24. The van der Waals surface area contributed by atoms with Gasteiger partial charge in [0.05, 0.1) is 11.3 Å². The summed E-state index contributed by atoms with van der Waals surface area (Å²) in [6.07, 6.45) is 9.58. The van der Waals surface area contributed by atoms with Crippen molar-refractivity contribution in [1.82, 2.24) is 19.9 Å². The number of pyridine rings is 1. The van der Waals surface area contributed by atoms with Crippen LogP contribution < -0.4 is 5.32 Å². The van der Waals surface area contributed by atoms with E-state index in [1.165, 1.54) is 6.33 Å². The number of aromatic amines is 1. The Hall–Kier alpha value is -3.02. The highest BCUT2D eigenvalue weighted by atomic mass is 16.1. The summed E-state index contributed by atoms with van der Waals surface area (Å²) in [5, 5.41) is 2.83. The standard InChI is InChI=1S/C17H15N5O/c23-17(22-14-6-1-2-7-19-14)12-9-20-13-5-3-4-11-8-18-10-21-16(11)15(12)13/h1-2,6-10,20H,3-5H2,(H,19,22,23). The van der Waals surface area contributed by atoms with Gasteiger partial charge in [-0.2, -0.15) is 0 Å². The molecular formula is C17H15N5O. The molecule has 1 aliphatic rings. The van der Waals surface area contributed by atoms with E-state index in [2.05, 4.69) is 25.3 Å². The fourth-order valence-corrected chi connectivity index (χ4v) is 2.96. The lowest BCUT2D eigenvalue weighted by atomic mass is 10.0. The molecule has 23 heavy (non-hydrogen) atoms. The molecule has 6 heteroatoms. The number of carbonyl (C=O) groups is 1. The Balaban J connectivity index is 1.76. The summed E-state index contributed by atoms with van der Waals surface area (Å²) in [5.41, 5.74) is 4.45. The molecule has 0 aromatic carbocycles. The maximum Gasteiger partial charge on any atom is 0.259 e. The molecule has 0 aliphatic heterocycles. The van der Waals surface area contributed by atoms with Gasteiger partial charge in [-0.1, -0.05) is 6.07 Å². The van der Waals surface area contributed by atoms with Gasteiger partial charge in [-0.3, -0.25) is 4.79 Å². The summed E-state index contributed by atoms with van der Waals surface area (Å²) in [6.45, 7) is 0. The maximum absolute atomic E-state index is 12.7. The molecule has 3 heterocycles. The molecule has 1 amide bonds. The molecule has 2 N–H and O–H groups in total. The molecule has 114 valence electrons. The van der Waals surface area contributed by atoms with Gasteiger partial charge in [0.25, 0.3) is 5.91 Å². The Bertz CT molecular complexity index is 856. The molecule has 0 atom stereocenters. The highest BCUT2D eigenvalue weighted by Crippen LogP contribution is 2.33. The Labute approximate surface area is 133 Å². The third kappa shape index (κ3) is 2.48. The molecule has 3 aromatic rings. The second kappa shape index (κ2) is 5.64. The first-order valence-electron chi connectivity index (χ1n) is 7.55. The van der Waals surface area contributed by atoms with Gasteiger partial charge in [-0.05, 0) is 37.0 Å². The SMILES string of the molecule is O=C(Nc1ccccn1)c1c[nH]c2c1-c1ncncc1CCC2. The third-order valence-electron chi connectivity index (χ3n) is 4.01. The molecule has 0 spiro atoms. The molecule has 0 unspecified atom stereocenters. The molecule has 0 radical (unpaired) electrons. The molecular weight excluding hydrogens is 290 g/mol. The monoisotopic (exact) mass is 305 g/mol. The number of fused-ring (bicyclic) bond motifs is 3. The average Bonchev–Trinajstić information content (AvgIpc) is 2.92. The number of amides is 1. The number of nitrogens with zero attached hydrogens (tertiary/aromatic N) is 3. The number of rotatable bonds is 2. The second-order valence-corrected chi connectivity index (χ2v) is 5.48. The number of nitrogens with one attached hydrogen (secondary N) is 2. The third-order valence-corrected chi connectivity index (χ3v) is 4.01. The van der Waals surface area contributed by atoms with Crippen molar-refractivity contribution in [3.8, 4) is 11.3 Å². The summed E-state index contributed by atoms with van der Waals surface area (Å²) >= 11 is 0. The second-order valence-electron chi connectivity index (χ2n) is 5.48. The van der Waals surface area contributed by atoms with Crippen molar-refractivity contribution in [1.29, 1.82) is 0 Å². The Morgan fingerprint density at radius 1 is 1.22 bits per heavy atom. The summed E-state index contributed by atoms with van der Waals surface area (Å²) in [4.78, 5) is 28.5. The number of aryl methyl sites for hydroxylation is 2. The quantitative estimate of drug-likeness (QED) is 0.762.